The molecule has 0 radical (unpaired) electrons. The number of amides is 2. The second-order valence-electron chi connectivity index (χ2n) is 7.79. The van der Waals surface area contributed by atoms with Crippen molar-refractivity contribution < 1.29 is 33.0 Å². The minimum atomic E-state index is -3.28. The number of carboxylic acids is 1. The molecule has 2 atom stereocenters. The molecular weight excluding hydrogens is 434 g/mol. The highest BCUT2D eigenvalue weighted by Gasteiger charge is 2.71. The Labute approximate surface area is 188 Å². The average molecular weight is 454 g/mol. The average Bonchev–Trinajstić information content (AvgIpc) is 3.20. The predicted octanol–water partition coefficient (Wildman–Crippen LogP) is 2.61. The van der Waals surface area contributed by atoms with E-state index in [1.807, 2.05) is 48.5 Å². The first-order valence-corrected chi connectivity index (χ1v) is 10.3. The van der Waals surface area contributed by atoms with Gasteiger partial charge in [0.05, 0.1) is 12.5 Å². The van der Waals surface area contributed by atoms with E-state index >= 15 is 0 Å². The fourth-order valence-corrected chi connectivity index (χ4v) is 4.21. The lowest BCUT2D eigenvalue weighted by molar-refractivity contribution is -0.130. The molecule has 0 spiro atoms. The third kappa shape index (κ3) is 4.51. The summed E-state index contributed by atoms with van der Waals surface area (Å²) in [7, 11) is 0. The van der Waals surface area contributed by atoms with Crippen molar-refractivity contribution in [3.63, 3.8) is 0 Å². The predicted molar refractivity (Wildman–Crippen MR) is 113 cm³/mol. The molecule has 33 heavy (non-hydrogen) atoms. The number of hydrogen-bond acceptors (Lipinski definition) is 4. The number of rotatable bonds is 6. The number of fused-ring (bicyclic) bond motifs is 3. The van der Waals surface area contributed by atoms with E-state index in [4.69, 9.17) is 9.84 Å². The maximum Gasteiger partial charge on any atom is 0.407 e. The van der Waals surface area contributed by atoms with Crippen LogP contribution in [0, 0.1) is 23.7 Å². The molecule has 2 amide bonds. The van der Waals surface area contributed by atoms with Gasteiger partial charge in [0, 0.05) is 18.4 Å². The van der Waals surface area contributed by atoms with Crippen molar-refractivity contribution in [3.8, 4) is 23.0 Å². The summed E-state index contributed by atoms with van der Waals surface area (Å²) in [5, 5.41) is 12.9. The fraction of sp³-hybridized carbons (Fsp3) is 0.292. The smallest absolute Gasteiger partial charge is 0.407 e. The number of alkyl carbamates (subject to hydrolysis) is 1. The van der Waals surface area contributed by atoms with Gasteiger partial charge in [-0.15, -0.1) is 0 Å². The van der Waals surface area contributed by atoms with Crippen molar-refractivity contribution >= 4 is 18.0 Å². The number of carbonyl (C=O) groups is 3. The molecule has 170 valence electrons. The number of carbonyl (C=O) groups excluding carboxylic acids is 2. The lowest BCUT2D eigenvalue weighted by Gasteiger charge is -2.14. The van der Waals surface area contributed by atoms with Crippen LogP contribution in [-0.2, 0) is 14.3 Å². The minimum absolute atomic E-state index is 0.0487. The Hall–Kier alpha value is -3.93. The van der Waals surface area contributed by atoms with Gasteiger partial charge in [-0.3, -0.25) is 4.79 Å². The van der Waals surface area contributed by atoms with Crippen LogP contribution in [0.5, 0.6) is 0 Å². The van der Waals surface area contributed by atoms with Gasteiger partial charge in [-0.1, -0.05) is 54.5 Å². The highest BCUT2D eigenvalue weighted by atomic mass is 19.3. The van der Waals surface area contributed by atoms with E-state index in [1.54, 1.807) is 5.92 Å². The van der Waals surface area contributed by atoms with Crippen LogP contribution in [0.1, 0.15) is 17.0 Å². The van der Waals surface area contributed by atoms with Gasteiger partial charge in [-0.05, 0) is 22.3 Å². The topological polar surface area (TPSA) is 105 Å². The van der Waals surface area contributed by atoms with Crippen molar-refractivity contribution in [1.29, 1.82) is 0 Å². The molecule has 2 unspecified atom stereocenters. The van der Waals surface area contributed by atoms with Gasteiger partial charge in [0.15, 0.2) is 0 Å². The third-order valence-electron chi connectivity index (χ3n) is 5.84. The van der Waals surface area contributed by atoms with Crippen molar-refractivity contribution in [2.75, 3.05) is 19.7 Å². The van der Waals surface area contributed by atoms with Crippen molar-refractivity contribution in [1.82, 2.24) is 10.6 Å². The second-order valence-corrected chi connectivity index (χ2v) is 7.79. The molecule has 0 bridgehead atoms. The first-order valence-electron chi connectivity index (χ1n) is 10.3. The summed E-state index contributed by atoms with van der Waals surface area (Å²) in [4.78, 5) is 34.4. The Bertz CT molecular complexity index is 1130. The molecule has 0 heterocycles. The fourth-order valence-electron chi connectivity index (χ4n) is 4.21. The lowest BCUT2D eigenvalue weighted by Crippen LogP contribution is -2.30. The Balaban J connectivity index is 1.29. The first-order chi connectivity index (χ1) is 15.8. The maximum atomic E-state index is 14.0. The summed E-state index contributed by atoms with van der Waals surface area (Å²) in [6, 6.07) is 15.6. The highest BCUT2D eigenvalue weighted by molar-refractivity contribution is 5.87. The Morgan fingerprint density at radius 3 is 2.21 bits per heavy atom. The maximum absolute atomic E-state index is 14.0. The van der Waals surface area contributed by atoms with Crippen LogP contribution >= 0.6 is 0 Å². The summed E-state index contributed by atoms with van der Waals surface area (Å²) in [6.45, 7) is -0.736. The number of carboxylic acid groups (broad SMARTS) is 1. The Morgan fingerprint density at radius 1 is 1.00 bits per heavy atom. The summed E-state index contributed by atoms with van der Waals surface area (Å²) >= 11 is 0. The molecule has 1 fully saturated rings. The molecule has 2 aliphatic rings. The number of nitrogens with one attached hydrogen (secondary N) is 2. The van der Waals surface area contributed by atoms with Crippen LogP contribution in [0.25, 0.3) is 11.1 Å². The second kappa shape index (κ2) is 8.90. The summed E-state index contributed by atoms with van der Waals surface area (Å²) in [5.41, 5.74) is 4.20. The van der Waals surface area contributed by atoms with Gasteiger partial charge in [0.1, 0.15) is 12.5 Å². The quantitative estimate of drug-likeness (QED) is 0.582. The molecule has 0 saturated heterocycles. The molecule has 0 aliphatic heterocycles. The number of alkyl halides is 2. The van der Waals surface area contributed by atoms with E-state index in [9.17, 15) is 23.2 Å². The number of halogens is 2. The molecule has 2 aromatic rings. The van der Waals surface area contributed by atoms with Crippen LogP contribution in [0.15, 0.2) is 48.5 Å². The third-order valence-corrected chi connectivity index (χ3v) is 5.84. The molecule has 2 aromatic carbocycles. The van der Waals surface area contributed by atoms with E-state index in [0.29, 0.717) is 0 Å². The van der Waals surface area contributed by atoms with E-state index in [2.05, 4.69) is 16.6 Å². The molecule has 4 rings (SSSR count). The van der Waals surface area contributed by atoms with Gasteiger partial charge in [-0.2, -0.15) is 0 Å². The number of hydrogen-bond donors (Lipinski definition) is 3. The van der Waals surface area contributed by atoms with Crippen molar-refractivity contribution in [2.24, 2.45) is 11.8 Å². The van der Waals surface area contributed by atoms with E-state index < -0.39 is 42.3 Å². The van der Waals surface area contributed by atoms with E-state index in [-0.39, 0.29) is 19.1 Å². The van der Waals surface area contributed by atoms with Gasteiger partial charge >= 0.3 is 12.1 Å². The van der Waals surface area contributed by atoms with Gasteiger partial charge in [0.25, 0.3) is 5.92 Å². The van der Waals surface area contributed by atoms with Crippen molar-refractivity contribution in [3.05, 3.63) is 59.7 Å². The zero-order valence-corrected chi connectivity index (χ0v) is 17.3. The van der Waals surface area contributed by atoms with Crippen LogP contribution in [-0.4, -0.2) is 48.7 Å². The number of ether oxygens (including phenoxy) is 1. The SMILES string of the molecule is O=C(O)C#CCNC(=O)C1C(CNC(=O)OCC2c3ccccc3-c3ccccc32)C1(F)F. The van der Waals surface area contributed by atoms with Crippen LogP contribution in [0.2, 0.25) is 0 Å². The monoisotopic (exact) mass is 454 g/mol. The van der Waals surface area contributed by atoms with Crippen molar-refractivity contribution in [2.45, 2.75) is 11.8 Å². The summed E-state index contributed by atoms with van der Waals surface area (Å²) in [5.74, 6) is -4.84. The number of benzene rings is 2. The number of aliphatic carboxylic acids is 1. The van der Waals surface area contributed by atoms with E-state index in [0.717, 1.165) is 22.3 Å². The highest BCUT2D eigenvalue weighted by Crippen LogP contribution is 2.55. The zero-order chi connectivity index (χ0) is 23.6. The summed E-state index contributed by atoms with van der Waals surface area (Å²) < 4.78 is 33.3. The van der Waals surface area contributed by atoms with Gasteiger partial charge in [0.2, 0.25) is 5.91 Å². The Morgan fingerprint density at radius 2 is 1.61 bits per heavy atom. The standard InChI is InChI=1S/C24H20F2N2O5/c25-24(26)19(21(24)22(31)27-11-5-10-20(29)30)12-28-23(32)33-13-18-16-8-3-1-6-14(16)15-7-2-4-9-17(15)18/h1-4,6-9,18-19,21H,11-13H2,(H,27,31)(H,28,32)(H,29,30). The molecule has 0 aromatic heterocycles. The molecule has 7 nitrogen and oxygen atoms in total. The van der Waals surface area contributed by atoms with Crippen LogP contribution < -0.4 is 10.6 Å². The molecule has 1 saturated carbocycles. The van der Waals surface area contributed by atoms with Gasteiger partial charge < -0.3 is 20.5 Å². The molecule has 3 N–H and O–H groups in total. The van der Waals surface area contributed by atoms with E-state index in [1.165, 1.54) is 0 Å². The first kappa shape index (κ1) is 22.3. The molecular formula is C24H20F2N2O5. The normalized spacial score (nSPS) is 19.3. The Kier molecular flexibility index (Phi) is 6.01. The van der Waals surface area contributed by atoms with Gasteiger partial charge in [-0.25, -0.2) is 18.4 Å². The minimum Gasteiger partial charge on any atom is -0.472 e. The van der Waals surface area contributed by atoms with Crippen LogP contribution in [0.3, 0.4) is 0 Å². The molecule has 2 aliphatic carbocycles. The zero-order valence-electron chi connectivity index (χ0n) is 17.3. The largest absolute Gasteiger partial charge is 0.472 e. The van der Waals surface area contributed by atoms with Crippen LogP contribution in [0.4, 0.5) is 13.6 Å². The lowest BCUT2D eigenvalue weighted by atomic mass is 9.98. The molecule has 9 heteroatoms. The summed E-state index contributed by atoms with van der Waals surface area (Å²) in [6.07, 6.45) is -0.842.